The minimum absolute atomic E-state index is 0.247. The molecule has 1 amide bonds. The molecular formula is C22H32N2O. The Bertz CT molecular complexity index is 570. The molecule has 2 aliphatic heterocycles. The average molecular weight is 341 g/mol. The predicted octanol–water partition coefficient (Wildman–Crippen LogP) is 4.43. The molecule has 0 unspecified atom stereocenters. The van der Waals surface area contributed by atoms with E-state index in [2.05, 4.69) is 34.1 Å². The van der Waals surface area contributed by atoms with E-state index in [1.54, 1.807) is 0 Å². The molecular weight excluding hydrogens is 308 g/mol. The Morgan fingerprint density at radius 1 is 0.840 bits per heavy atom. The Labute approximate surface area is 152 Å². The molecule has 1 saturated carbocycles. The number of carbonyl (C=O) groups excluding carboxylic acids is 1. The monoisotopic (exact) mass is 340 g/mol. The minimum Gasteiger partial charge on any atom is -0.334 e. The van der Waals surface area contributed by atoms with Gasteiger partial charge in [0.2, 0.25) is 0 Å². The molecule has 0 spiro atoms. The van der Waals surface area contributed by atoms with E-state index in [9.17, 15) is 4.79 Å². The second kappa shape index (κ2) is 7.90. The highest BCUT2D eigenvalue weighted by Crippen LogP contribution is 2.33. The number of hydrogen-bond acceptors (Lipinski definition) is 2. The first-order chi connectivity index (χ1) is 12.3. The first-order valence-electron chi connectivity index (χ1n) is 10.4. The van der Waals surface area contributed by atoms with Crippen LogP contribution in [-0.4, -0.2) is 47.9 Å². The van der Waals surface area contributed by atoms with Crippen LogP contribution in [0.15, 0.2) is 24.3 Å². The highest BCUT2D eigenvalue weighted by molar-refractivity contribution is 5.94. The van der Waals surface area contributed by atoms with Crippen LogP contribution in [0, 0.1) is 0 Å². The van der Waals surface area contributed by atoms with Gasteiger partial charge in [0, 0.05) is 24.7 Å². The quantitative estimate of drug-likeness (QED) is 0.809. The second-order valence-corrected chi connectivity index (χ2v) is 8.26. The molecule has 3 aliphatic rings. The van der Waals surface area contributed by atoms with Crippen LogP contribution in [0.25, 0.3) is 0 Å². The van der Waals surface area contributed by atoms with Crippen molar-refractivity contribution in [3.05, 3.63) is 35.4 Å². The zero-order valence-electron chi connectivity index (χ0n) is 15.5. The van der Waals surface area contributed by atoms with Gasteiger partial charge in [0.15, 0.2) is 0 Å². The third-order valence-electron chi connectivity index (χ3n) is 6.54. The summed E-state index contributed by atoms with van der Waals surface area (Å²) in [7, 11) is 0. The minimum atomic E-state index is 0.247. The van der Waals surface area contributed by atoms with Gasteiger partial charge in [-0.15, -0.1) is 0 Å². The smallest absolute Gasteiger partial charge is 0.254 e. The Morgan fingerprint density at radius 3 is 2.28 bits per heavy atom. The summed E-state index contributed by atoms with van der Waals surface area (Å²) in [6.07, 6.45) is 11.7. The third kappa shape index (κ3) is 3.92. The molecule has 2 saturated heterocycles. The molecule has 1 aliphatic carbocycles. The van der Waals surface area contributed by atoms with Crippen molar-refractivity contribution in [3.63, 3.8) is 0 Å². The average Bonchev–Trinajstić information content (AvgIpc) is 3.34. The molecule has 1 aromatic carbocycles. The summed E-state index contributed by atoms with van der Waals surface area (Å²) in [5, 5.41) is 0. The molecule has 2 heterocycles. The maximum Gasteiger partial charge on any atom is 0.254 e. The van der Waals surface area contributed by atoms with Crippen molar-refractivity contribution < 1.29 is 4.79 Å². The van der Waals surface area contributed by atoms with Crippen molar-refractivity contribution in [1.29, 1.82) is 0 Å². The molecule has 0 aromatic heterocycles. The van der Waals surface area contributed by atoms with Gasteiger partial charge in [-0.1, -0.05) is 31.4 Å². The highest BCUT2D eigenvalue weighted by Gasteiger charge is 2.31. The Morgan fingerprint density at radius 2 is 1.56 bits per heavy atom. The van der Waals surface area contributed by atoms with Gasteiger partial charge in [-0.25, -0.2) is 0 Å². The number of rotatable bonds is 4. The van der Waals surface area contributed by atoms with E-state index >= 15 is 0 Å². The van der Waals surface area contributed by atoms with Gasteiger partial charge in [0.05, 0.1) is 0 Å². The normalized spacial score (nSPS) is 25.6. The largest absolute Gasteiger partial charge is 0.334 e. The topological polar surface area (TPSA) is 23.6 Å². The van der Waals surface area contributed by atoms with Crippen molar-refractivity contribution in [3.8, 4) is 0 Å². The number of hydrogen-bond donors (Lipinski definition) is 0. The van der Waals surface area contributed by atoms with E-state index < -0.39 is 0 Å². The second-order valence-electron chi connectivity index (χ2n) is 8.26. The summed E-state index contributed by atoms with van der Waals surface area (Å²) >= 11 is 0. The molecule has 136 valence electrons. The van der Waals surface area contributed by atoms with Crippen LogP contribution in [0.3, 0.4) is 0 Å². The first-order valence-corrected chi connectivity index (χ1v) is 10.4. The molecule has 3 fully saturated rings. The van der Waals surface area contributed by atoms with Crippen LogP contribution in [0.4, 0.5) is 0 Å². The maximum atomic E-state index is 13.0. The summed E-state index contributed by atoms with van der Waals surface area (Å²) in [5.41, 5.74) is 2.32. The maximum absolute atomic E-state index is 13.0. The summed E-state index contributed by atoms with van der Waals surface area (Å²) in [5.74, 6) is 0.962. The van der Waals surface area contributed by atoms with Crippen LogP contribution >= 0.6 is 0 Å². The molecule has 0 N–H and O–H groups in total. The molecule has 1 aromatic rings. The van der Waals surface area contributed by atoms with E-state index in [0.29, 0.717) is 12.0 Å². The van der Waals surface area contributed by atoms with Crippen LogP contribution in [0.1, 0.15) is 79.6 Å². The SMILES string of the molecule is O=C(c1ccc(C2CCCCC2)cc1)N1CCC[C@H]1CN1CCCC1. The lowest BCUT2D eigenvalue weighted by Crippen LogP contribution is -2.42. The number of likely N-dealkylation sites (tertiary alicyclic amines) is 2. The molecule has 0 bridgehead atoms. The summed E-state index contributed by atoms with van der Waals surface area (Å²) < 4.78 is 0. The lowest BCUT2D eigenvalue weighted by Gasteiger charge is -2.29. The van der Waals surface area contributed by atoms with Crippen LogP contribution in [0.5, 0.6) is 0 Å². The lowest BCUT2D eigenvalue weighted by molar-refractivity contribution is 0.0709. The molecule has 4 rings (SSSR count). The Hall–Kier alpha value is -1.35. The van der Waals surface area contributed by atoms with Gasteiger partial charge >= 0.3 is 0 Å². The summed E-state index contributed by atoms with van der Waals surface area (Å²) in [4.78, 5) is 17.7. The van der Waals surface area contributed by atoms with Crippen molar-refractivity contribution in [2.45, 2.75) is 69.7 Å². The summed E-state index contributed by atoms with van der Waals surface area (Å²) in [6, 6.07) is 9.02. The Balaban J connectivity index is 1.40. The fraction of sp³-hybridized carbons (Fsp3) is 0.682. The van der Waals surface area contributed by atoms with Gasteiger partial charge < -0.3 is 9.80 Å². The molecule has 25 heavy (non-hydrogen) atoms. The van der Waals surface area contributed by atoms with Gasteiger partial charge in [-0.2, -0.15) is 0 Å². The van der Waals surface area contributed by atoms with Gasteiger partial charge in [-0.05, 0) is 75.2 Å². The van der Waals surface area contributed by atoms with E-state index in [-0.39, 0.29) is 5.91 Å². The van der Waals surface area contributed by atoms with Gasteiger partial charge in [0.1, 0.15) is 0 Å². The van der Waals surface area contributed by atoms with Crippen molar-refractivity contribution >= 4 is 5.91 Å². The van der Waals surface area contributed by atoms with E-state index in [0.717, 1.165) is 25.1 Å². The standard InChI is InChI=1S/C22H32N2O/c25-22(24-16-6-9-21(24)17-23-14-4-5-15-23)20-12-10-19(11-13-20)18-7-2-1-3-8-18/h10-13,18,21H,1-9,14-17H2/t21-/m0/s1. The highest BCUT2D eigenvalue weighted by atomic mass is 16.2. The lowest BCUT2D eigenvalue weighted by atomic mass is 9.84. The summed E-state index contributed by atoms with van der Waals surface area (Å²) in [6.45, 7) is 4.44. The Kier molecular flexibility index (Phi) is 5.40. The molecule has 0 radical (unpaired) electrons. The first kappa shape index (κ1) is 17.1. The number of carbonyl (C=O) groups is 1. The van der Waals surface area contributed by atoms with E-state index in [1.165, 1.54) is 70.0 Å². The predicted molar refractivity (Wildman–Crippen MR) is 102 cm³/mol. The van der Waals surface area contributed by atoms with Crippen molar-refractivity contribution in [2.24, 2.45) is 0 Å². The fourth-order valence-corrected chi connectivity index (χ4v) is 5.06. The van der Waals surface area contributed by atoms with Gasteiger partial charge in [0.25, 0.3) is 5.91 Å². The number of nitrogens with zero attached hydrogens (tertiary/aromatic N) is 2. The third-order valence-corrected chi connectivity index (χ3v) is 6.54. The molecule has 3 heteroatoms. The molecule has 3 nitrogen and oxygen atoms in total. The van der Waals surface area contributed by atoms with Gasteiger partial charge in [-0.3, -0.25) is 4.79 Å². The van der Waals surface area contributed by atoms with Crippen LogP contribution in [-0.2, 0) is 0 Å². The van der Waals surface area contributed by atoms with E-state index in [1.807, 2.05) is 0 Å². The van der Waals surface area contributed by atoms with E-state index in [4.69, 9.17) is 0 Å². The molecule has 1 atom stereocenters. The van der Waals surface area contributed by atoms with Crippen LogP contribution < -0.4 is 0 Å². The fourth-order valence-electron chi connectivity index (χ4n) is 5.06. The van der Waals surface area contributed by atoms with Crippen LogP contribution in [0.2, 0.25) is 0 Å². The zero-order chi connectivity index (χ0) is 17.1. The van der Waals surface area contributed by atoms with Crippen molar-refractivity contribution in [1.82, 2.24) is 9.80 Å². The number of benzene rings is 1. The number of amides is 1. The van der Waals surface area contributed by atoms with Crippen molar-refractivity contribution in [2.75, 3.05) is 26.2 Å². The zero-order valence-corrected chi connectivity index (χ0v) is 15.5.